The van der Waals surface area contributed by atoms with Crippen molar-refractivity contribution in [2.75, 3.05) is 6.54 Å². The number of phenols is 1. The highest BCUT2D eigenvalue weighted by molar-refractivity contribution is 8.00. The molecule has 2 N–H and O–H groups in total. The number of aromatic hydroxyl groups is 1. The van der Waals surface area contributed by atoms with E-state index < -0.39 is 0 Å². The summed E-state index contributed by atoms with van der Waals surface area (Å²) in [7, 11) is 0. The summed E-state index contributed by atoms with van der Waals surface area (Å²) in [4.78, 5) is 0. The smallest absolute Gasteiger partial charge is 0.134 e. The third-order valence-electron chi connectivity index (χ3n) is 2.23. The van der Waals surface area contributed by atoms with Crippen LogP contribution in [0.4, 0.5) is 0 Å². The van der Waals surface area contributed by atoms with E-state index in [1.165, 1.54) is 0 Å². The topological polar surface area (TPSA) is 32.3 Å². The maximum atomic E-state index is 9.28. The number of rotatable bonds is 1. The van der Waals surface area contributed by atoms with Crippen molar-refractivity contribution in [1.29, 1.82) is 0 Å². The van der Waals surface area contributed by atoms with Crippen molar-refractivity contribution in [2.45, 2.75) is 17.5 Å². The van der Waals surface area contributed by atoms with Crippen LogP contribution in [-0.2, 0) is 0 Å². The molecule has 2 rings (SSSR count). The van der Waals surface area contributed by atoms with Crippen LogP contribution >= 0.6 is 23.4 Å². The number of hydrogen-bond donors (Lipinski definition) is 2. The Balaban J connectivity index is 2.20. The SMILES string of the molecule is CC1CNC(c2ccc(O)c(Cl)c2)S1. The van der Waals surface area contributed by atoms with E-state index in [0.29, 0.717) is 15.6 Å². The zero-order chi connectivity index (χ0) is 10.1. The molecule has 0 bridgehead atoms. The van der Waals surface area contributed by atoms with Crippen molar-refractivity contribution < 1.29 is 5.11 Å². The molecule has 1 aliphatic rings. The first-order chi connectivity index (χ1) is 6.66. The molecule has 0 spiro atoms. The predicted octanol–water partition coefficient (Wildman–Crippen LogP) is 2.77. The van der Waals surface area contributed by atoms with Gasteiger partial charge in [0.2, 0.25) is 0 Å². The van der Waals surface area contributed by atoms with Crippen LogP contribution in [0.25, 0.3) is 0 Å². The van der Waals surface area contributed by atoms with Crippen LogP contribution in [-0.4, -0.2) is 16.9 Å². The lowest BCUT2D eigenvalue weighted by molar-refractivity contribution is 0.475. The van der Waals surface area contributed by atoms with Gasteiger partial charge in [-0.05, 0) is 17.7 Å². The van der Waals surface area contributed by atoms with Crippen LogP contribution in [0.5, 0.6) is 5.75 Å². The van der Waals surface area contributed by atoms with E-state index in [1.54, 1.807) is 6.07 Å². The monoisotopic (exact) mass is 229 g/mol. The fourth-order valence-electron chi connectivity index (χ4n) is 1.48. The van der Waals surface area contributed by atoms with Gasteiger partial charge in [-0.15, -0.1) is 11.8 Å². The summed E-state index contributed by atoms with van der Waals surface area (Å²) in [5.74, 6) is 0.145. The fraction of sp³-hybridized carbons (Fsp3) is 0.400. The van der Waals surface area contributed by atoms with Crippen molar-refractivity contribution in [2.24, 2.45) is 0 Å². The molecule has 1 heterocycles. The molecule has 1 aliphatic heterocycles. The van der Waals surface area contributed by atoms with Gasteiger partial charge >= 0.3 is 0 Å². The van der Waals surface area contributed by atoms with Gasteiger partial charge in [-0.2, -0.15) is 0 Å². The molecule has 2 atom stereocenters. The summed E-state index contributed by atoms with van der Waals surface area (Å²) in [6, 6.07) is 5.37. The van der Waals surface area contributed by atoms with Gasteiger partial charge in [-0.25, -0.2) is 0 Å². The molecule has 76 valence electrons. The van der Waals surface area contributed by atoms with E-state index in [9.17, 15) is 5.11 Å². The van der Waals surface area contributed by atoms with Crippen molar-refractivity contribution in [3.8, 4) is 5.75 Å². The number of benzene rings is 1. The van der Waals surface area contributed by atoms with Gasteiger partial charge in [0.05, 0.1) is 10.4 Å². The average Bonchev–Trinajstić information content (AvgIpc) is 2.57. The lowest BCUT2D eigenvalue weighted by Gasteiger charge is -2.10. The van der Waals surface area contributed by atoms with E-state index in [-0.39, 0.29) is 5.75 Å². The molecule has 1 fully saturated rings. The summed E-state index contributed by atoms with van der Waals surface area (Å²) in [5.41, 5.74) is 1.13. The Hall–Kier alpha value is -0.380. The van der Waals surface area contributed by atoms with Gasteiger partial charge in [-0.1, -0.05) is 24.6 Å². The minimum atomic E-state index is 0.145. The highest BCUT2D eigenvalue weighted by Gasteiger charge is 2.22. The number of phenolic OH excluding ortho intramolecular Hbond substituents is 1. The van der Waals surface area contributed by atoms with Crippen LogP contribution in [0, 0.1) is 0 Å². The summed E-state index contributed by atoms with van der Waals surface area (Å²) < 4.78 is 0. The molecule has 1 aromatic rings. The van der Waals surface area contributed by atoms with Gasteiger partial charge in [0.1, 0.15) is 5.75 Å². The molecule has 0 aliphatic carbocycles. The van der Waals surface area contributed by atoms with E-state index in [1.807, 2.05) is 23.9 Å². The quantitative estimate of drug-likeness (QED) is 0.777. The molecule has 0 aromatic heterocycles. The third kappa shape index (κ3) is 2.00. The van der Waals surface area contributed by atoms with Crippen LogP contribution < -0.4 is 5.32 Å². The molecule has 2 unspecified atom stereocenters. The van der Waals surface area contributed by atoms with Crippen LogP contribution in [0.15, 0.2) is 18.2 Å². The second-order valence-corrected chi connectivity index (χ2v) is 5.40. The minimum Gasteiger partial charge on any atom is -0.506 e. The molecule has 1 aromatic carbocycles. The highest BCUT2D eigenvalue weighted by atomic mass is 35.5. The van der Waals surface area contributed by atoms with E-state index in [4.69, 9.17) is 11.6 Å². The second-order valence-electron chi connectivity index (χ2n) is 3.45. The zero-order valence-electron chi connectivity index (χ0n) is 7.83. The van der Waals surface area contributed by atoms with Gasteiger partial charge in [0.15, 0.2) is 0 Å². The molecule has 1 saturated heterocycles. The van der Waals surface area contributed by atoms with Crippen LogP contribution in [0.2, 0.25) is 5.02 Å². The molecular formula is C10H12ClNOS. The molecular weight excluding hydrogens is 218 g/mol. The van der Waals surface area contributed by atoms with Crippen molar-refractivity contribution >= 4 is 23.4 Å². The first-order valence-corrected chi connectivity index (χ1v) is 5.86. The summed E-state index contributed by atoms with van der Waals surface area (Å²) in [5, 5.41) is 14.0. The van der Waals surface area contributed by atoms with Crippen LogP contribution in [0.1, 0.15) is 17.9 Å². The maximum Gasteiger partial charge on any atom is 0.134 e. The second kappa shape index (κ2) is 4.01. The molecule has 4 heteroatoms. The number of thioether (sulfide) groups is 1. The molecule has 14 heavy (non-hydrogen) atoms. The maximum absolute atomic E-state index is 9.28. The summed E-state index contributed by atoms with van der Waals surface area (Å²) in [6.07, 6.45) is 0. The first-order valence-electron chi connectivity index (χ1n) is 4.54. The van der Waals surface area contributed by atoms with Gasteiger partial charge < -0.3 is 10.4 Å². The van der Waals surface area contributed by atoms with E-state index in [2.05, 4.69) is 12.2 Å². The number of halogens is 1. The lowest BCUT2D eigenvalue weighted by Crippen LogP contribution is -2.13. The Labute approximate surface area is 92.7 Å². The van der Waals surface area contributed by atoms with Gasteiger partial charge in [0.25, 0.3) is 0 Å². The Morgan fingerprint density at radius 3 is 2.93 bits per heavy atom. The highest BCUT2D eigenvalue weighted by Crippen LogP contribution is 2.37. The van der Waals surface area contributed by atoms with Gasteiger partial charge in [-0.3, -0.25) is 0 Å². The van der Waals surface area contributed by atoms with E-state index >= 15 is 0 Å². The minimum absolute atomic E-state index is 0.145. The largest absolute Gasteiger partial charge is 0.506 e. The Morgan fingerprint density at radius 2 is 2.36 bits per heavy atom. The standard InChI is InChI=1S/C10H12ClNOS/c1-6-5-12-10(14-6)7-2-3-9(13)8(11)4-7/h2-4,6,10,12-13H,5H2,1H3. The van der Waals surface area contributed by atoms with Gasteiger partial charge in [0, 0.05) is 11.8 Å². The molecule has 0 saturated carbocycles. The number of hydrogen-bond acceptors (Lipinski definition) is 3. The third-order valence-corrected chi connectivity index (χ3v) is 3.88. The molecule has 0 amide bonds. The fourth-order valence-corrected chi connectivity index (χ4v) is 2.83. The Bertz CT molecular complexity index is 345. The Kier molecular flexibility index (Phi) is 2.91. The van der Waals surface area contributed by atoms with Crippen molar-refractivity contribution in [3.63, 3.8) is 0 Å². The summed E-state index contributed by atoms with van der Waals surface area (Å²) >= 11 is 7.72. The summed E-state index contributed by atoms with van der Waals surface area (Å²) in [6.45, 7) is 3.22. The zero-order valence-corrected chi connectivity index (χ0v) is 9.40. The predicted molar refractivity (Wildman–Crippen MR) is 60.9 cm³/mol. The first kappa shape index (κ1) is 10.1. The molecule has 0 radical (unpaired) electrons. The molecule has 2 nitrogen and oxygen atoms in total. The van der Waals surface area contributed by atoms with Crippen molar-refractivity contribution in [3.05, 3.63) is 28.8 Å². The van der Waals surface area contributed by atoms with Crippen LogP contribution in [0.3, 0.4) is 0 Å². The number of nitrogens with one attached hydrogen (secondary N) is 1. The normalized spacial score (nSPS) is 26.7. The average molecular weight is 230 g/mol. The van der Waals surface area contributed by atoms with Crippen molar-refractivity contribution in [1.82, 2.24) is 5.32 Å². The Morgan fingerprint density at radius 1 is 1.57 bits per heavy atom. The van der Waals surface area contributed by atoms with E-state index in [0.717, 1.165) is 12.1 Å². The lowest BCUT2D eigenvalue weighted by atomic mass is 10.2.